The summed E-state index contributed by atoms with van der Waals surface area (Å²) in [5.74, 6) is -0.149. The van der Waals surface area contributed by atoms with Crippen LogP contribution in [0.4, 0.5) is 18.9 Å². The number of nitrogens with one attached hydrogen (secondary N) is 2. The Kier molecular flexibility index (Phi) is 6.68. The molecule has 0 heterocycles. The first-order valence-corrected chi connectivity index (χ1v) is 9.62. The van der Waals surface area contributed by atoms with Gasteiger partial charge in [0.2, 0.25) is 15.9 Å². The fraction of sp³-hybridized carbons (Fsp3) is 0.278. The first-order chi connectivity index (χ1) is 13.0. The molecular weight excluding hydrogens is 397 g/mol. The molecule has 0 fully saturated rings. The highest BCUT2D eigenvalue weighted by molar-refractivity contribution is 7.89. The molecule has 0 unspecified atom stereocenters. The van der Waals surface area contributed by atoms with Gasteiger partial charge in [-0.1, -0.05) is 12.1 Å². The zero-order chi connectivity index (χ0) is 20.9. The van der Waals surface area contributed by atoms with Crippen molar-refractivity contribution in [3.8, 4) is 5.75 Å². The summed E-state index contributed by atoms with van der Waals surface area (Å²) in [5, 5.41) is 2.52. The van der Waals surface area contributed by atoms with Crippen molar-refractivity contribution in [3.63, 3.8) is 0 Å². The molecule has 28 heavy (non-hydrogen) atoms. The predicted octanol–water partition coefficient (Wildman–Crippen LogP) is 3.19. The van der Waals surface area contributed by atoms with Crippen molar-refractivity contribution >= 4 is 21.6 Å². The van der Waals surface area contributed by atoms with Crippen molar-refractivity contribution in [2.24, 2.45) is 0 Å². The summed E-state index contributed by atoms with van der Waals surface area (Å²) in [6, 6.07) is 8.51. The molecule has 2 rings (SSSR count). The Labute approximate surface area is 160 Å². The van der Waals surface area contributed by atoms with Crippen LogP contribution in [0.25, 0.3) is 0 Å². The number of carbonyl (C=O) groups excluding carboxylic acids is 1. The van der Waals surface area contributed by atoms with Gasteiger partial charge in [-0.25, -0.2) is 13.1 Å². The van der Waals surface area contributed by atoms with E-state index in [0.29, 0.717) is 11.3 Å². The van der Waals surface area contributed by atoms with Gasteiger partial charge in [0.05, 0.1) is 23.3 Å². The van der Waals surface area contributed by atoms with Crippen LogP contribution in [0, 0.1) is 0 Å². The summed E-state index contributed by atoms with van der Waals surface area (Å²) in [4.78, 5) is 11.1. The highest BCUT2D eigenvalue weighted by atomic mass is 32.2. The maximum atomic E-state index is 12.6. The first kappa shape index (κ1) is 21.7. The van der Waals surface area contributed by atoms with E-state index in [-0.39, 0.29) is 29.5 Å². The molecule has 1 amide bonds. The van der Waals surface area contributed by atoms with E-state index in [4.69, 9.17) is 4.74 Å². The molecule has 2 aromatic rings. The number of ether oxygens (including phenoxy) is 1. The Balaban J connectivity index is 2.04. The van der Waals surface area contributed by atoms with Crippen molar-refractivity contribution in [1.82, 2.24) is 4.72 Å². The van der Waals surface area contributed by atoms with Crippen LogP contribution in [0.15, 0.2) is 47.4 Å². The van der Waals surface area contributed by atoms with E-state index in [1.165, 1.54) is 44.4 Å². The molecule has 2 N–H and O–H groups in total. The van der Waals surface area contributed by atoms with Gasteiger partial charge in [-0.15, -0.1) is 0 Å². The maximum Gasteiger partial charge on any atom is 0.416 e. The number of anilines is 1. The molecule has 0 radical (unpaired) electrons. The average molecular weight is 416 g/mol. The van der Waals surface area contributed by atoms with Gasteiger partial charge in [0.1, 0.15) is 5.75 Å². The molecule has 0 aromatic heterocycles. The third kappa shape index (κ3) is 5.70. The summed E-state index contributed by atoms with van der Waals surface area (Å²) in [7, 11) is -2.52. The summed E-state index contributed by atoms with van der Waals surface area (Å²) >= 11 is 0. The highest BCUT2D eigenvalue weighted by Crippen LogP contribution is 2.29. The number of rotatable bonds is 7. The van der Waals surface area contributed by atoms with Crippen LogP contribution in [0.1, 0.15) is 18.1 Å². The molecule has 10 heteroatoms. The SMILES string of the molecule is COc1cc(S(=O)(=O)NCCc2ccc(C(F)(F)F)cc2)ccc1NC(C)=O. The fourth-order valence-electron chi connectivity index (χ4n) is 2.41. The van der Waals surface area contributed by atoms with Crippen LogP contribution < -0.4 is 14.8 Å². The Hall–Kier alpha value is -2.59. The second-order valence-electron chi connectivity index (χ2n) is 5.89. The van der Waals surface area contributed by atoms with E-state index in [1.54, 1.807) is 0 Å². The molecule has 6 nitrogen and oxygen atoms in total. The van der Waals surface area contributed by atoms with Gasteiger partial charge in [-0.3, -0.25) is 4.79 Å². The van der Waals surface area contributed by atoms with E-state index >= 15 is 0 Å². The number of carbonyl (C=O) groups is 1. The van der Waals surface area contributed by atoms with Crippen LogP contribution >= 0.6 is 0 Å². The van der Waals surface area contributed by atoms with Gasteiger partial charge in [-0.2, -0.15) is 13.2 Å². The fourth-order valence-corrected chi connectivity index (χ4v) is 3.45. The number of halogens is 3. The summed E-state index contributed by atoms with van der Waals surface area (Å²) in [6.07, 6.45) is -4.19. The number of alkyl halides is 3. The van der Waals surface area contributed by atoms with E-state index in [0.717, 1.165) is 12.1 Å². The van der Waals surface area contributed by atoms with E-state index < -0.39 is 21.8 Å². The average Bonchev–Trinajstić information content (AvgIpc) is 2.61. The summed E-state index contributed by atoms with van der Waals surface area (Å²) < 4.78 is 69.9. The van der Waals surface area contributed by atoms with Crippen LogP contribution in [0.3, 0.4) is 0 Å². The van der Waals surface area contributed by atoms with Crippen LogP contribution in [-0.2, 0) is 27.4 Å². The third-order valence-corrected chi connectivity index (χ3v) is 5.24. The Morgan fingerprint density at radius 2 is 1.75 bits per heavy atom. The van der Waals surface area contributed by atoms with E-state index in [9.17, 15) is 26.4 Å². The molecule has 0 aliphatic carbocycles. The molecule has 0 aliphatic heterocycles. The lowest BCUT2D eigenvalue weighted by Crippen LogP contribution is -2.26. The number of benzene rings is 2. The van der Waals surface area contributed by atoms with Gasteiger partial charge in [0.15, 0.2) is 0 Å². The van der Waals surface area contributed by atoms with Crippen LogP contribution in [0.2, 0.25) is 0 Å². The summed E-state index contributed by atoms with van der Waals surface area (Å²) in [6.45, 7) is 1.32. The lowest BCUT2D eigenvalue weighted by molar-refractivity contribution is -0.137. The van der Waals surface area contributed by atoms with Crippen molar-refractivity contribution in [2.75, 3.05) is 19.0 Å². The Bertz CT molecular complexity index is 942. The quantitative estimate of drug-likeness (QED) is 0.726. The van der Waals surface area contributed by atoms with Crippen molar-refractivity contribution < 1.29 is 31.1 Å². The predicted molar refractivity (Wildman–Crippen MR) is 97.6 cm³/mol. The number of methoxy groups -OCH3 is 1. The summed E-state index contributed by atoms with van der Waals surface area (Å²) in [5.41, 5.74) is 0.135. The second-order valence-corrected chi connectivity index (χ2v) is 7.65. The molecule has 0 spiro atoms. The van der Waals surface area contributed by atoms with Gasteiger partial charge in [-0.05, 0) is 36.2 Å². The highest BCUT2D eigenvalue weighted by Gasteiger charge is 2.29. The van der Waals surface area contributed by atoms with Gasteiger partial charge < -0.3 is 10.1 Å². The molecular formula is C18H19F3N2O4S. The normalized spacial score (nSPS) is 11.9. The molecule has 0 bridgehead atoms. The van der Waals surface area contributed by atoms with E-state index in [1.807, 2.05) is 0 Å². The van der Waals surface area contributed by atoms with Crippen molar-refractivity contribution in [2.45, 2.75) is 24.4 Å². The van der Waals surface area contributed by atoms with Crippen LogP contribution in [-0.4, -0.2) is 28.0 Å². The molecule has 2 aromatic carbocycles. The lowest BCUT2D eigenvalue weighted by Gasteiger charge is -2.12. The third-order valence-electron chi connectivity index (χ3n) is 3.78. The van der Waals surface area contributed by atoms with Crippen molar-refractivity contribution in [3.05, 3.63) is 53.6 Å². The minimum atomic E-state index is -4.41. The van der Waals surface area contributed by atoms with Crippen LogP contribution in [0.5, 0.6) is 5.75 Å². The van der Waals surface area contributed by atoms with Gasteiger partial charge >= 0.3 is 6.18 Å². The smallest absolute Gasteiger partial charge is 0.416 e. The number of amides is 1. The molecule has 0 atom stereocenters. The van der Waals surface area contributed by atoms with Crippen molar-refractivity contribution in [1.29, 1.82) is 0 Å². The number of hydrogen-bond acceptors (Lipinski definition) is 4. The topological polar surface area (TPSA) is 84.5 Å². The minimum Gasteiger partial charge on any atom is -0.495 e. The minimum absolute atomic E-state index is 0.00343. The Morgan fingerprint density at radius 3 is 2.29 bits per heavy atom. The molecule has 0 aliphatic rings. The zero-order valence-electron chi connectivity index (χ0n) is 15.1. The number of sulfonamides is 1. The Morgan fingerprint density at radius 1 is 1.11 bits per heavy atom. The zero-order valence-corrected chi connectivity index (χ0v) is 15.9. The largest absolute Gasteiger partial charge is 0.495 e. The van der Waals surface area contributed by atoms with Gasteiger partial charge in [0.25, 0.3) is 0 Å². The maximum absolute atomic E-state index is 12.6. The second kappa shape index (κ2) is 8.61. The van der Waals surface area contributed by atoms with Gasteiger partial charge in [0, 0.05) is 19.5 Å². The monoisotopic (exact) mass is 416 g/mol. The van der Waals surface area contributed by atoms with E-state index in [2.05, 4.69) is 10.0 Å². The molecule has 0 saturated heterocycles. The molecule has 152 valence electrons. The molecule has 0 saturated carbocycles. The first-order valence-electron chi connectivity index (χ1n) is 8.14. The standard InChI is InChI=1S/C18H19F3N2O4S/c1-12(24)23-16-8-7-15(11-17(16)27-2)28(25,26)22-10-9-13-3-5-14(6-4-13)18(19,20)21/h3-8,11,22H,9-10H2,1-2H3,(H,23,24). The lowest BCUT2D eigenvalue weighted by atomic mass is 10.1. The number of hydrogen-bond donors (Lipinski definition) is 2.